The summed E-state index contributed by atoms with van der Waals surface area (Å²) >= 11 is 0. The van der Waals surface area contributed by atoms with E-state index in [4.69, 9.17) is 0 Å². The second-order valence-electron chi connectivity index (χ2n) is 5.37. The number of hydrogen-bond acceptors (Lipinski definition) is 5. The van der Waals surface area contributed by atoms with Gasteiger partial charge in [-0.15, -0.1) is 0 Å². The van der Waals surface area contributed by atoms with Crippen molar-refractivity contribution in [3.05, 3.63) is 41.7 Å². The van der Waals surface area contributed by atoms with Gasteiger partial charge >= 0.3 is 0 Å². The molecule has 5 nitrogen and oxygen atoms in total. The Labute approximate surface area is 119 Å². The molecule has 2 aromatic rings. The molecule has 1 saturated heterocycles. The van der Waals surface area contributed by atoms with Gasteiger partial charge in [0.05, 0.1) is 0 Å². The first-order valence-corrected chi connectivity index (χ1v) is 7.05. The quantitative estimate of drug-likeness (QED) is 0.837. The Morgan fingerprint density at radius 1 is 1.20 bits per heavy atom. The first-order chi connectivity index (χ1) is 9.72. The predicted molar refractivity (Wildman–Crippen MR) is 77.7 cm³/mol. The lowest BCUT2D eigenvalue weighted by Crippen LogP contribution is -2.36. The van der Waals surface area contributed by atoms with Crippen LogP contribution in [0.5, 0.6) is 0 Å². The zero-order valence-electron chi connectivity index (χ0n) is 12.0. The molecule has 3 heterocycles. The van der Waals surface area contributed by atoms with E-state index in [-0.39, 0.29) is 0 Å². The normalized spacial score (nSPS) is 19.1. The fourth-order valence-electron chi connectivity index (χ4n) is 2.79. The summed E-state index contributed by atoms with van der Waals surface area (Å²) in [4.78, 5) is 19.8. The lowest BCUT2D eigenvalue weighted by molar-refractivity contribution is 0.494. The molecule has 1 unspecified atom stereocenters. The molecule has 0 amide bonds. The molecular formula is C15H19N5. The van der Waals surface area contributed by atoms with E-state index >= 15 is 0 Å². The molecule has 0 bridgehead atoms. The Morgan fingerprint density at radius 2 is 2.00 bits per heavy atom. The van der Waals surface area contributed by atoms with E-state index in [9.17, 15) is 0 Å². The maximum Gasteiger partial charge on any atom is 0.225 e. The van der Waals surface area contributed by atoms with E-state index in [1.807, 2.05) is 32.2 Å². The lowest BCUT2D eigenvalue weighted by Gasteiger charge is -2.32. The van der Waals surface area contributed by atoms with Crippen molar-refractivity contribution in [1.82, 2.24) is 19.9 Å². The minimum absolute atomic E-state index is 0.441. The van der Waals surface area contributed by atoms with E-state index in [1.54, 1.807) is 6.33 Å². The van der Waals surface area contributed by atoms with Crippen molar-refractivity contribution >= 4 is 5.95 Å². The molecule has 1 aliphatic heterocycles. The van der Waals surface area contributed by atoms with Crippen LogP contribution < -0.4 is 4.90 Å². The molecule has 5 heteroatoms. The number of rotatable bonds is 2. The molecule has 3 rings (SSSR count). The SMILES string of the molecule is Cc1cc(C)nc(N2CCCC(c3ccncn3)C2)n1. The van der Waals surface area contributed by atoms with Gasteiger partial charge in [0.15, 0.2) is 0 Å². The number of hydrogen-bond donors (Lipinski definition) is 0. The highest BCUT2D eigenvalue weighted by atomic mass is 15.3. The molecule has 104 valence electrons. The van der Waals surface area contributed by atoms with Gasteiger partial charge in [0.1, 0.15) is 6.33 Å². The minimum atomic E-state index is 0.441. The van der Waals surface area contributed by atoms with E-state index in [1.165, 1.54) is 0 Å². The third kappa shape index (κ3) is 2.76. The summed E-state index contributed by atoms with van der Waals surface area (Å²) in [5.41, 5.74) is 3.17. The first kappa shape index (κ1) is 13.0. The Balaban J connectivity index is 1.81. The van der Waals surface area contributed by atoms with Crippen molar-refractivity contribution in [2.24, 2.45) is 0 Å². The maximum absolute atomic E-state index is 4.57. The van der Waals surface area contributed by atoms with E-state index in [0.717, 1.165) is 49.0 Å². The largest absolute Gasteiger partial charge is 0.340 e. The standard InChI is InChI=1S/C15H19N5/c1-11-8-12(2)19-15(18-11)20-7-3-4-13(9-20)14-5-6-16-10-17-14/h5-6,8,10,13H,3-4,7,9H2,1-2H3. The summed E-state index contributed by atoms with van der Waals surface area (Å²) in [5, 5.41) is 0. The van der Waals surface area contributed by atoms with Crippen LogP contribution in [0.4, 0.5) is 5.95 Å². The summed E-state index contributed by atoms with van der Waals surface area (Å²) in [6, 6.07) is 4.02. The molecule has 0 N–H and O–H groups in total. The topological polar surface area (TPSA) is 54.8 Å². The Kier molecular flexibility index (Phi) is 3.58. The Hall–Kier alpha value is -2.04. The predicted octanol–water partition coefficient (Wildman–Crippen LogP) is 2.27. The molecule has 1 atom stereocenters. The highest BCUT2D eigenvalue weighted by Crippen LogP contribution is 2.27. The van der Waals surface area contributed by atoms with Crippen LogP contribution in [0.25, 0.3) is 0 Å². The van der Waals surface area contributed by atoms with Crippen molar-refractivity contribution in [2.75, 3.05) is 18.0 Å². The first-order valence-electron chi connectivity index (χ1n) is 7.05. The molecule has 0 aromatic carbocycles. The molecule has 1 aliphatic rings. The van der Waals surface area contributed by atoms with Crippen LogP contribution in [0.15, 0.2) is 24.7 Å². The Bertz CT molecular complexity index is 564. The van der Waals surface area contributed by atoms with Gasteiger partial charge < -0.3 is 4.90 Å². The van der Waals surface area contributed by atoms with Crippen LogP contribution in [0.3, 0.4) is 0 Å². The van der Waals surface area contributed by atoms with Crippen LogP contribution in [0.1, 0.15) is 35.8 Å². The molecule has 0 radical (unpaired) electrons. The van der Waals surface area contributed by atoms with Crippen molar-refractivity contribution in [3.63, 3.8) is 0 Å². The number of piperidine rings is 1. The molecule has 20 heavy (non-hydrogen) atoms. The van der Waals surface area contributed by atoms with Crippen molar-refractivity contribution < 1.29 is 0 Å². The highest BCUT2D eigenvalue weighted by molar-refractivity contribution is 5.34. The number of anilines is 1. The van der Waals surface area contributed by atoms with Gasteiger partial charge in [-0.05, 0) is 38.8 Å². The van der Waals surface area contributed by atoms with E-state index in [2.05, 4.69) is 24.8 Å². The fourth-order valence-corrected chi connectivity index (χ4v) is 2.79. The highest BCUT2D eigenvalue weighted by Gasteiger charge is 2.24. The third-order valence-corrected chi connectivity index (χ3v) is 3.70. The monoisotopic (exact) mass is 269 g/mol. The summed E-state index contributed by atoms with van der Waals surface area (Å²) in [7, 11) is 0. The average Bonchev–Trinajstić information content (AvgIpc) is 2.47. The van der Waals surface area contributed by atoms with Crippen molar-refractivity contribution in [3.8, 4) is 0 Å². The number of aryl methyl sites for hydroxylation is 2. The van der Waals surface area contributed by atoms with Crippen LogP contribution >= 0.6 is 0 Å². The van der Waals surface area contributed by atoms with Gasteiger partial charge in [-0.1, -0.05) is 0 Å². The van der Waals surface area contributed by atoms with Crippen molar-refractivity contribution in [1.29, 1.82) is 0 Å². The maximum atomic E-state index is 4.57. The second kappa shape index (κ2) is 5.53. The van der Waals surface area contributed by atoms with Gasteiger partial charge in [-0.25, -0.2) is 19.9 Å². The smallest absolute Gasteiger partial charge is 0.225 e. The summed E-state index contributed by atoms with van der Waals surface area (Å²) in [6.07, 6.45) is 5.75. The van der Waals surface area contributed by atoms with Gasteiger partial charge in [-0.2, -0.15) is 0 Å². The molecule has 0 saturated carbocycles. The zero-order chi connectivity index (χ0) is 13.9. The van der Waals surface area contributed by atoms with Crippen LogP contribution in [0.2, 0.25) is 0 Å². The van der Waals surface area contributed by atoms with Gasteiger partial charge in [0, 0.05) is 42.3 Å². The fraction of sp³-hybridized carbons (Fsp3) is 0.467. The minimum Gasteiger partial charge on any atom is -0.340 e. The van der Waals surface area contributed by atoms with Gasteiger partial charge in [0.2, 0.25) is 5.95 Å². The van der Waals surface area contributed by atoms with Gasteiger partial charge in [0.25, 0.3) is 0 Å². The summed E-state index contributed by atoms with van der Waals surface area (Å²) < 4.78 is 0. The molecule has 2 aromatic heterocycles. The van der Waals surface area contributed by atoms with Gasteiger partial charge in [-0.3, -0.25) is 0 Å². The third-order valence-electron chi connectivity index (χ3n) is 3.70. The summed E-state index contributed by atoms with van der Waals surface area (Å²) in [5.74, 6) is 1.29. The van der Waals surface area contributed by atoms with Crippen LogP contribution in [-0.2, 0) is 0 Å². The lowest BCUT2D eigenvalue weighted by atomic mass is 9.95. The zero-order valence-corrected chi connectivity index (χ0v) is 12.0. The summed E-state index contributed by atoms with van der Waals surface area (Å²) in [6.45, 7) is 5.98. The van der Waals surface area contributed by atoms with Crippen molar-refractivity contribution in [2.45, 2.75) is 32.6 Å². The average molecular weight is 269 g/mol. The molecular weight excluding hydrogens is 250 g/mol. The Morgan fingerprint density at radius 3 is 2.70 bits per heavy atom. The number of nitrogens with zero attached hydrogens (tertiary/aromatic N) is 5. The van der Waals surface area contributed by atoms with Crippen LogP contribution in [-0.4, -0.2) is 33.0 Å². The molecule has 0 aliphatic carbocycles. The molecule has 1 fully saturated rings. The molecule has 0 spiro atoms. The van der Waals surface area contributed by atoms with E-state index in [0.29, 0.717) is 5.92 Å². The van der Waals surface area contributed by atoms with Crippen LogP contribution in [0, 0.1) is 13.8 Å². The van der Waals surface area contributed by atoms with E-state index < -0.39 is 0 Å². The second-order valence-corrected chi connectivity index (χ2v) is 5.37. The number of aromatic nitrogens is 4.